The van der Waals surface area contributed by atoms with E-state index < -0.39 is 5.91 Å². The normalized spacial score (nSPS) is 10.3. The summed E-state index contributed by atoms with van der Waals surface area (Å²) >= 11 is 1.43. The van der Waals surface area contributed by atoms with Crippen LogP contribution in [0.5, 0.6) is 0 Å². The SMILES string of the molecule is Cc1ccnc(SCc2ccoc2C(=O)NN)n1. The van der Waals surface area contributed by atoms with Crippen molar-refractivity contribution in [2.75, 3.05) is 0 Å². The molecule has 0 aliphatic rings. The molecule has 2 heterocycles. The summed E-state index contributed by atoms with van der Waals surface area (Å²) in [7, 11) is 0. The van der Waals surface area contributed by atoms with Crippen LogP contribution in [0.15, 0.2) is 34.2 Å². The van der Waals surface area contributed by atoms with Crippen molar-refractivity contribution < 1.29 is 9.21 Å². The van der Waals surface area contributed by atoms with Gasteiger partial charge in [-0.05, 0) is 19.1 Å². The Morgan fingerprint density at radius 3 is 3.11 bits per heavy atom. The van der Waals surface area contributed by atoms with Crippen LogP contribution in [-0.2, 0) is 5.75 Å². The molecular formula is C11H12N4O2S. The summed E-state index contributed by atoms with van der Waals surface area (Å²) in [6.45, 7) is 1.90. The van der Waals surface area contributed by atoms with Crippen LogP contribution in [-0.4, -0.2) is 15.9 Å². The maximum absolute atomic E-state index is 11.4. The molecule has 0 saturated heterocycles. The monoisotopic (exact) mass is 264 g/mol. The Bertz CT molecular complexity index is 555. The Labute approximate surface area is 108 Å². The van der Waals surface area contributed by atoms with E-state index in [2.05, 4.69) is 9.97 Å². The third-order valence-electron chi connectivity index (χ3n) is 2.21. The molecule has 7 heteroatoms. The van der Waals surface area contributed by atoms with Crippen molar-refractivity contribution in [3.05, 3.63) is 41.6 Å². The van der Waals surface area contributed by atoms with E-state index in [1.54, 1.807) is 12.3 Å². The number of carbonyl (C=O) groups excluding carboxylic acids is 1. The van der Waals surface area contributed by atoms with Crippen LogP contribution in [0.1, 0.15) is 21.8 Å². The van der Waals surface area contributed by atoms with Crippen LogP contribution < -0.4 is 11.3 Å². The number of amides is 1. The standard InChI is InChI=1S/C11H12N4O2S/c1-7-2-4-13-11(14-7)18-6-8-3-5-17-9(8)10(16)15-12/h2-5H,6,12H2,1H3,(H,15,16). The molecule has 0 bridgehead atoms. The fourth-order valence-electron chi connectivity index (χ4n) is 1.35. The summed E-state index contributed by atoms with van der Waals surface area (Å²) < 4.78 is 5.08. The Morgan fingerprint density at radius 1 is 1.56 bits per heavy atom. The summed E-state index contributed by atoms with van der Waals surface area (Å²) in [6, 6.07) is 3.56. The molecule has 0 aromatic carbocycles. The number of thioether (sulfide) groups is 1. The fraction of sp³-hybridized carbons (Fsp3) is 0.182. The highest BCUT2D eigenvalue weighted by Crippen LogP contribution is 2.22. The van der Waals surface area contributed by atoms with Gasteiger partial charge in [0.15, 0.2) is 10.9 Å². The minimum atomic E-state index is -0.444. The summed E-state index contributed by atoms with van der Waals surface area (Å²) in [5, 5.41) is 0.662. The number of nitrogens with zero attached hydrogens (tertiary/aromatic N) is 2. The predicted molar refractivity (Wildman–Crippen MR) is 66.7 cm³/mol. The number of furan rings is 1. The molecule has 0 aliphatic heterocycles. The zero-order valence-corrected chi connectivity index (χ0v) is 10.5. The molecule has 94 valence electrons. The largest absolute Gasteiger partial charge is 0.459 e. The van der Waals surface area contributed by atoms with E-state index in [1.165, 1.54) is 18.0 Å². The molecule has 0 radical (unpaired) electrons. The van der Waals surface area contributed by atoms with E-state index in [0.29, 0.717) is 10.9 Å². The van der Waals surface area contributed by atoms with Gasteiger partial charge in [-0.2, -0.15) is 0 Å². The van der Waals surface area contributed by atoms with Crippen molar-refractivity contribution in [1.82, 2.24) is 15.4 Å². The quantitative estimate of drug-likeness (QED) is 0.284. The minimum Gasteiger partial charge on any atom is -0.459 e. The second-order valence-electron chi connectivity index (χ2n) is 3.52. The average Bonchev–Trinajstić information content (AvgIpc) is 2.84. The Kier molecular flexibility index (Phi) is 3.96. The van der Waals surface area contributed by atoms with Gasteiger partial charge in [-0.3, -0.25) is 10.2 Å². The lowest BCUT2D eigenvalue weighted by Crippen LogP contribution is -2.30. The summed E-state index contributed by atoms with van der Waals surface area (Å²) in [5.74, 6) is 5.39. The highest BCUT2D eigenvalue weighted by Gasteiger charge is 2.14. The Morgan fingerprint density at radius 2 is 2.39 bits per heavy atom. The van der Waals surface area contributed by atoms with Gasteiger partial charge >= 0.3 is 5.91 Å². The summed E-state index contributed by atoms with van der Waals surface area (Å²) in [4.78, 5) is 19.8. The zero-order chi connectivity index (χ0) is 13.0. The number of hydrogen-bond donors (Lipinski definition) is 2. The van der Waals surface area contributed by atoms with Gasteiger partial charge in [0.05, 0.1) is 6.26 Å². The van der Waals surface area contributed by atoms with Crippen molar-refractivity contribution in [2.24, 2.45) is 5.84 Å². The lowest BCUT2D eigenvalue weighted by molar-refractivity contribution is 0.0925. The third-order valence-corrected chi connectivity index (χ3v) is 3.12. The molecule has 2 aromatic heterocycles. The number of carbonyl (C=O) groups is 1. The third kappa shape index (κ3) is 2.88. The van der Waals surface area contributed by atoms with Crippen LogP contribution in [0.4, 0.5) is 0 Å². The van der Waals surface area contributed by atoms with Gasteiger partial charge in [-0.25, -0.2) is 15.8 Å². The van der Waals surface area contributed by atoms with Gasteiger partial charge < -0.3 is 4.42 Å². The molecule has 0 spiro atoms. The Balaban J connectivity index is 2.07. The van der Waals surface area contributed by atoms with E-state index in [-0.39, 0.29) is 5.76 Å². The summed E-state index contributed by atoms with van der Waals surface area (Å²) in [5.41, 5.74) is 3.70. The van der Waals surface area contributed by atoms with E-state index >= 15 is 0 Å². The molecule has 6 nitrogen and oxygen atoms in total. The van der Waals surface area contributed by atoms with Gasteiger partial charge in [-0.15, -0.1) is 0 Å². The number of hydrogen-bond acceptors (Lipinski definition) is 6. The smallest absolute Gasteiger partial charge is 0.301 e. The van der Waals surface area contributed by atoms with E-state index in [0.717, 1.165) is 11.3 Å². The predicted octanol–water partition coefficient (Wildman–Crippen LogP) is 1.27. The summed E-state index contributed by atoms with van der Waals surface area (Å²) in [6.07, 6.45) is 3.16. The Hall–Kier alpha value is -1.86. The van der Waals surface area contributed by atoms with E-state index in [1.807, 2.05) is 18.4 Å². The topological polar surface area (TPSA) is 94.0 Å². The second-order valence-corrected chi connectivity index (χ2v) is 4.46. The van der Waals surface area contributed by atoms with Gasteiger partial charge in [0, 0.05) is 23.2 Å². The number of aryl methyl sites for hydroxylation is 1. The molecule has 0 aliphatic carbocycles. The minimum absolute atomic E-state index is 0.220. The number of hydrazine groups is 1. The van der Waals surface area contributed by atoms with Crippen LogP contribution in [0, 0.1) is 6.92 Å². The molecule has 3 N–H and O–H groups in total. The number of nitrogens with two attached hydrogens (primary N) is 1. The van der Waals surface area contributed by atoms with E-state index in [4.69, 9.17) is 10.3 Å². The second kappa shape index (κ2) is 5.65. The van der Waals surface area contributed by atoms with Gasteiger partial charge in [0.25, 0.3) is 0 Å². The van der Waals surface area contributed by atoms with Gasteiger partial charge in [0.1, 0.15) is 0 Å². The molecular weight excluding hydrogens is 252 g/mol. The zero-order valence-electron chi connectivity index (χ0n) is 9.71. The number of rotatable bonds is 4. The van der Waals surface area contributed by atoms with Gasteiger partial charge in [-0.1, -0.05) is 11.8 Å². The highest BCUT2D eigenvalue weighted by atomic mass is 32.2. The lowest BCUT2D eigenvalue weighted by Gasteiger charge is -2.01. The maximum Gasteiger partial charge on any atom is 0.301 e. The first kappa shape index (κ1) is 12.6. The first-order valence-electron chi connectivity index (χ1n) is 5.20. The molecule has 0 saturated carbocycles. The fourth-order valence-corrected chi connectivity index (χ4v) is 2.21. The number of nitrogens with one attached hydrogen (secondary N) is 1. The first-order valence-corrected chi connectivity index (χ1v) is 6.19. The van der Waals surface area contributed by atoms with Crippen molar-refractivity contribution in [2.45, 2.75) is 17.8 Å². The molecule has 0 unspecified atom stereocenters. The highest BCUT2D eigenvalue weighted by molar-refractivity contribution is 7.98. The molecule has 0 atom stereocenters. The van der Waals surface area contributed by atoms with Gasteiger partial charge in [0.2, 0.25) is 0 Å². The van der Waals surface area contributed by atoms with Crippen LogP contribution in [0.2, 0.25) is 0 Å². The molecule has 18 heavy (non-hydrogen) atoms. The van der Waals surface area contributed by atoms with Crippen molar-refractivity contribution >= 4 is 17.7 Å². The van der Waals surface area contributed by atoms with Crippen molar-refractivity contribution in [3.63, 3.8) is 0 Å². The molecule has 2 rings (SSSR count). The maximum atomic E-state index is 11.4. The number of nitrogen functional groups attached to an aromatic ring is 1. The van der Waals surface area contributed by atoms with Crippen LogP contribution in [0.25, 0.3) is 0 Å². The van der Waals surface area contributed by atoms with Crippen LogP contribution >= 0.6 is 11.8 Å². The van der Waals surface area contributed by atoms with Crippen molar-refractivity contribution in [1.29, 1.82) is 0 Å². The lowest BCUT2D eigenvalue weighted by atomic mass is 10.3. The number of aromatic nitrogens is 2. The van der Waals surface area contributed by atoms with Crippen molar-refractivity contribution in [3.8, 4) is 0 Å². The molecule has 0 fully saturated rings. The average molecular weight is 264 g/mol. The van der Waals surface area contributed by atoms with E-state index in [9.17, 15) is 4.79 Å². The molecule has 1 amide bonds. The van der Waals surface area contributed by atoms with Crippen LogP contribution in [0.3, 0.4) is 0 Å². The molecule has 2 aromatic rings. The first-order chi connectivity index (χ1) is 8.70.